The summed E-state index contributed by atoms with van der Waals surface area (Å²) in [4.78, 5) is 0. The molecule has 0 N–H and O–H groups in total. The molecule has 2 aromatic carbocycles. The molecular weight excluding hydrogens is 372 g/mol. The quantitative estimate of drug-likeness (QED) is 0.309. The number of hydrogen-bond donors (Lipinski definition) is 0. The van der Waals surface area contributed by atoms with Gasteiger partial charge in [-0.25, -0.2) is 0 Å². The van der Waals surface area contributed by atoms with Gasteiger partial charge in [-0.15, -0.1) is 0 Å². The van der Waals surface area contributed by atoms with E-state index in [9.17, 15) is 0 Å². The van der Waals surface area contributed by atoms with E-state index in [1.54, 1.807) is 0 Å². The molecule has 2 fully saturated rings. The first-order chi connectivity index (χ1) is 14.1. The molecule has 156 valence electrons. The summed E-state index contributed by atoms with van der Waals surface area (Å²) >= 11 is 0. The molecule has 2 atom stereocenters. The minimum atomic E-state index is -0.142. The molecular formula is C23H28O6. The van der Waals surface area contributed by atoms with Gasteiger partial charge < -0.3 is 28.4 Å². The largest absolute Gasteiger partial charge is 0.468 e. The van der Waals surface area contributed by atoms with Crippen molar-refractivity contribution in [2.45, 2.75) is 31.5 Å². The molecule has 0 amide bonds. The summed E-state index contributed by atoms with van der Waals surface area (Å²) in [7, 11) is 0. The van der Waals surface area contributed by atoms with E-state index < -0.39 is 0 Å². The number of epoxide rings is 2. The monoisotopic (exact) mass is 400 g/mol. The molecule has 0 saturated carbocycles. The van der Waals surface area contributed by atoms with Crippen molar-refractivity contribution < 1.29 is 28.4 Å². The van der Waals surface area contributed by atoms with Gasteiger partial charge >= 0.3 is 0 Å². The normalized spacial score (nSPS) is 20.3. The molecule has 6 heteroatoms. The zero-order valence-corrected chi connectivity index (χ0v) is 17.0. The predicted molar refractivity (Wildman–Crippen MR) is 107 cm³/mol. The molecule has 2 aliphatic heterocycles. The highest BCUT2D eigenvalue weighted by molar-refractivity contribution is 5.41. The van der Waals surface area contributed by atoms with Crippen molar-refractivity contribution in [3.05, 3.63) is 59.7 Å². The molecule has 2 heterocycles. The summed E-state index contributed by atoms with van der Waals surface area (Å²) in [6.07, 6.45) is 0.506. The van der Waals surface area contributed by atoms with E-state index in [1.807, 2.05) is 24.3 Å². The van der Waals surface area contributed by atoms with Crippen LogP contribution in [0.1, 0.15) is 25.0 Å². The zero-order valence-electron chi connectivity index (χ0n) is 17.0. The molecule has 4 rings (SSSR count). The third-order valence-corrected chi connectivity index (χ3v) is 5.18. The number of hydrogen-bond acceptors (Lipinski definition) is 6. The zero-order chi connectivity index (χ0) is 20.1. The van der Waals surface area contributed by atoms with Crippen molar-refractivity contribution in [2.24, 2.45) is 0 Å². The van der Waals surface area contributed by atoms with Gasteiger partial charge in [-0.05, 0) is 35.4 Å². The van der Waals surface area contributed by atoms with E-state index in [2.05, 4.69) is 38.1 Å². The average Bonchev–Trinajstić information content (AvgIpc) is 3.65. The Morgan fingerprint density at radius 2 is 1.10 bits per heavy atom. The van der Waals surface area contributed by atoms with Crippen LogP contribution in [-0.2, 0) is 24.4 Å². The Morgan fingerprint density at radius 1 is 0.724 bits per heavy atom. The van der Waals surface area contributed by atoms with E-state index in [-0.39, 0.29) is 31.2 Å². The van der Waals surface area contributed by atoms with Crippen molar-refractivity contribution in [1.82, 2.24) is 0 Å². The van der Waals surface area contributed by atoms with Gasteiger partial charge in [0, 0.05) is 5.41 Å². The Bertz CT molecular complexity index is 697. The van der Waals surface area contributed by atoms with Gasteiger partial charge in [0.05, 0.1) is 26.4 Å². The van der Waals surface area contributed by atoms with Crippen LogP contribution in [-0.4, -0.2) is 52.2 Å². The summed E-state index contributed by atoms with van der Waals surface area (Å²) in [5.74, 6) is 1.59. The van der Waals surface area contributed by atoms with E-state index >= 15 is 0 Å². The third-order valence-electron chi connectivity index (χ3n) is 5.18. The van der Waals surface area contributed by atoms with Crippen LogP contribution in [0.5, 0.6) is 11.5 Å². The van der Waals surface area contributed by atoms with Crippen LogP contribution in [0.4, 0.5) is 0 Å². The topological polar surface area (TPSA) is 62.0 Å². The first-order valence-corrected chi connectivity index (χ1v) is 9.96. The van der Waals surface area contributed by atoms with Crippen molar-refractivity contribution >= 4 is 0 Å². The van der Waals surface area contributed by atoms with Gasteiger partial charge in [-0.2, -0.15) is 0 Å². The Kier molecular flexibility index (Phi) is 6.35. The molecule has 0 spiro atoms. The summed E-state index contributed by atoms with van der Waals surface area (Å²) < 4.78 is 32.3. The maximum Gasteiger partial charge on any atom is 0.189 e. The maximum absolute atomic E-state index is 5.62. The van der Waals surface area contributed by atoms with Crippen LogP contribution in [0, 0.1) is 0 Å². The summed E-state index contributed by atoms with van der Waals surface area (Å²) in [6, 6.07) is 16.3. The minimum absolute atomic E-state index is 0.142. The fourth-order valence-electron chi connectivity index (χ4n) is 3.01. The Balaban J connectivity index is 1.27. The molecule has 2 aromatic rings. The first kappa shape index (κ1) is 20.2. The second-order valence-electron chi connectivity index (χ2n) is 7.85. The molecule has 2 aliphatic rings. The lowest BCUT2D eigenvalue weighted by Crippen LogP contribution is -2.18. The van der Waals surface area contributed by atoms with Gasteiger partial charge in [0.15, 0.2) is 13.6 Å². The molecule has 0 aliphatic carbocycles. The van der Waals surface area contributed by atoms with Crippen LogP contribution in [0.3, 0.4) is 0 Å². The minimum Gasteiger partial charge on any atom is -0.468 e. The molecule has 0 bridgehead atoms. The number of ether oxygens (including phenoxy) is 6. The van der Waals surface area contributed by atoms with Crippen LogP contribution >= 0.6 is 0 Å². The Morgan fingerprint density at radius 3 is 1.45 bits per heavy atom. The highest BCUT2D eigenvalue weighted by Crippen LogP contribution is 2.33. The Labute approximate surface area is 171 Å². The first-order valence-electron chi connectivity index (χ1n) is 9.96. The fourth-order valence-corrected chi connectivity index (χ4v) is 3.01. The molecule has 2 saturated heterocycles. The van der Waals surface area contributed by atoms with Crippen molar-refractivity contribution in [1.29, 1.82) is 0 Å². The summed E-state index contributed by atoms with van der Waals surface area (Å²) in [5.41, 5.74) is 2.27. The third kappa shape index (κ3) is 5.93. The second kappa shape index (κ2) is 9.13. The van der Waals surface area contributed by atoms with Crippen molar-refractivity contribution in [3.63, 3.8) is 0 Å². The maximum atomic E-state index is 5.62. The van der Waals surface area contributed by atoms with Crippen LogP contribution < -0.4 is 9.47 Å². The lowest BCUT2D eigenvalue weighted by atomic mass is 9.78. The molecule has 29 heavy (non-hydrogen) atoms. The van der Waals surface area contributed by atoms with Crippen molar-refractivity contribution in [2.75, 3.05) is 40.0 Å². The highest BCUT2D eigenvalue weighted by Gasteiger charge is 2.24. The van der Waals surface area contributed by atoms with Gasteiger partial charge in [-0.1, -0.05) is 38.1 Å². The number of benzene rings is 2. The lowest BCUT2D eigenvalue weighted by Gasteiger charge is -2.26. The van der Waals surface area contributed by atoms with Crippen LogP contribution in [0.2, 0.25) is 0 Å². The average molecular weight is 400 g/mol. The highest BCUT2D eigenvalue weighted by atomic mass is 16.7. The van der Waals surface area contributed by atoms with Gasteiger partial charge in [-0.3, -0.25) is 0 Å². The molecule has 2 unspecified atom stereocenters. The molecule has 6 nitrogen and oxygen atoms in total. The SMILES string of the molecule is CC(C)(c1ccc(OCOCC2CO2)cc1)c1ccc(OCOCC2CO2)cc1. The van der Waals surface area contributed by atoms with Gasteiger partial charge in [0.1, 0.15) is 23.7 Å². The van der Waals surface area contributed by atoms with Crippen LogP contribution in [0.15, 0.2) is 48.5 Å². The summed E-state index contributed by atoms with van der Waals surface area (Å²) in [5, 5.41) is 0. The van der Waals surface area contributed by atoms with E-state index in [1.165, 1.54) is 11.1 Å². The van der Waals surface area contributed by atoms with E-state index in [0.717, 1.165) is 24.7 Å². The molecule has 0 radical (unpaired) electrons. The van der Waals surface area contributed by atoms with Gasteiger partial charge in [0.2, 0.25) is 0 Å². The van der Waals surface area contributed by atoms with E-state index in [0.29, 0.717) is 13.2 Å². The lowest BCUT2D eigenvalue weighted by molar-refractivity contribution is 0.00810. The fraction of sp³-hybridized carbons (Fsp3) is 0.478. The smallest absolute Gasteiger partial charge is 0.189 e. The van der Waals surface area contributed by atoms with Crippen molar-refractivity contribution in [3.8, 4) is 11.5 Å². The van der Waals surface area contributed by atoms with Crippen LogP contribution in [0.25, 0.3) is 0 Å². The predicted octanol–water partition coefficient (Wildman–Crippen LogP) is 3.52. The standard InChI is InChI=1S/C23H28O6/c1-23(2,17-3-7-19(8-4-17)28-15-24-11-21-13-26-21)18-5-9-20(10-6-18)29-16-25-12-22-14-27-22/h3-10,21-22H,11-16H2,1-2H3. The number of rotatable bonds is 12. The van der Waals surface area contributed by atoms with Gasteiger partial charge in [0.25, 0.3) is 0 Å². The molecule has 0 aromatic heterocycles. The Hall–Kier alpha value is -2.12. The van der Waals surface area contributed by atoms with E-state index in [4.69, 9.17) is 28.4 Å². The second-order valence-corrected chi connectivity index (χ2v) is 7.85. The summed E-state index contributed by atoms with van der Waals surface area (Å²) in [6.45, 7) is 7.65.